The van der Waals surface area contributed by atoms with Gasteiger partial charge < -0.3 is 20.3 Å². The molecule has 0 atom stereocenters. The lowest BCUT2D eigenvalue weighted by molar-refractivity contribution is -0.127. The first kappa shape index (κ1) is 20.6. The summed E-state index contributed by atoms with van der Waals surface area (Å²) in [6.45, 7) is 2.50. The van der Waals surface area contributed by atoms with Gasteiger partial charge in [-0.25, -0.2) is 0 Å². The number of nitrogens with zero attached hydrogens (tertiary/aromatic N) is 1. The van der Waals surface area contributed by atoms with Crippen molar-refractivity contribution in [1.29, 1.82) is 0 Å². The molecule has 6 nitrogen and oxygen atoms in total. The van der Waals surface area contributed by atoms with Crippen LogP contribution in [0.4, 0.5) is 5.69 Å². The summed E-state index contributed by atoms with van der Waals surface area (Å²) < 4.78 is 4.82. The zero-order valence-corrected chi connectivity index (χ0v) is 17.1. The molecular formula is C22H33N3O3. The molecule has 2 aliphatic rings. The van der Waals surface area contributed by atoms with Gasteiger partial charge in [0.2, 0.25) is 11.8 Å². The number of hydrogen-bond donors (Lipinski definition) is 2. The second-order valence-electron chi connectivity index (χ2n) is 8.16. The zero-order valence-electron chi connectivity index (χ0n) is 17.1. The van der Waals surface area contributed by atoms with Gasteiger partial charge in [0.15, 0.2) is 0 Å². The van der Waals surface area contributed by atoms with Crippen LogP contribution in [0.3, 0.4) is 0 Å². The van der Waals surface area contributed by atoms with Crippen molar-refractivity contribution < 1.29 is 14.3 Å². The quantitative estimate of drug-likeness (QED) is 0.753. The maximum absolute atomic E-state index is 12.6. The molecule has 0 aromatic heterocycles. The highest BCUT2D eigenvalue weighted by atomic mass is 16.5. The summed E-state index contributed by atoms with van der Waals surface area (Å²) in [6.07, 6.45) is 6.06. The van der Waals surface area contributed by atoms with Crippen LogP contribution in [0, 0.1) is 11.8 Å². The normalized spacial score (nSPS) is 21.7. The summed E-state index contributed by atoms with van der Waals surface area (Å²) >= 11 is 0. The third-order valence-electron chi connectivity index (χ3n) is 6.04. The van der Waals surface area contributed by atoms with Crippen molar-refractivity contribution in [3.8, 4) is 0 Å². The number of anilines is 1. The van der Waals surface area contributed by atoms with E-state index in [9.17, 15) is 9.59 Å². The number of nitrogens with one attached hydrogen (secondary N) is 2. The number of benzene rings is 1. The molecule has 1 fully saturated rings. The zero-order chi connectivity index (χ0) is 19.9. The SMILES string of the molecule is COCC(=O)NCC1CCC(C(=O)NCc2ccc3c(c2)CCCN3C)CC1. The van der Waals surface area contributed by atoms with Gasteiger partial charge in [0.1, 0.15) is 6.61 Å². The van der Waals surface area contributed by atoms with E-state index in [1.165, 1.54) is 30.3 Å². The van der Waals surface area contributed by atoms with Crippen molar-refractivity contribution in [1.82, 2.24) is 10.6 Å². The Morgan fingerprint density at radius 1 is 1.18 bits per heavy atom. The molecule has 3 rings (SSSR count). The number of ether oxygens (including phenoxy) is 1. The monoisotopic (exact) mass is 387 g/mol. The first-order chi connectivity index (χ1) is 13.6. The molecule has 28 heavy (non-hydrogen) atoms. The molecule has 1 saturated carbocycles. The van der Waals surface area contributed by atoms with Gasteiger partial charge in [0.05, 0.1) is 0 Å². The number of carbonyl (C=O) groups is 2. The van der Waals surface area contributed by atoms with E-state index in [0.29, 0.717) is 19.0 Å². The van der Waals surface area contributed by atoms with Crippen LogP contribution in [0.2, 0.25) is 0 Å². The number of carbonyl (C=O) groups excluding carboxylic acids is 2. The summed E-state index contributed by atoms with van der Waals surface area (Å²) in [5.41, 5.74) is 3.88. The highest BCUT2D eigenvalue weighted by Gasteiger charge is 2.26. The second-order valence-corrected chi connectivity index (χ2v) is 8.16. The minimum Gasteiger partial charge on any atom is -0.375 e. The van der Waals surface area contributed by atoms with E-state index >= 15 is 0 Å². The second kappa shape index (κ2) is 9.92. The van der Waals surface area contributed by atoms with Crippen LogP contribution in [-0.2, 0) is 27.3 Å². The molecule has 154 valence electrons. The fourth-order valence-corrected chi connectivity index (χ4v) is 4.35. The van der Waals surface area contributed by atoms with Crippen molar-refractivity contribution in [2.24, 2.45) is 11.8 Å². The Kier molecular flexibility index (Phi) is 7.31. The molecule has 0 saturated heterocycles. The Labute approximate surface area is 168 Å². The van der Waals surface area contributed by atoms with Crippen molar-refractivity contribution >= 4 is 17.5 Å². The minimum atomic E-state index is -0.0707. The predicted octanol–water partition coefficient (Wildman–Crippen LogP) is 2.25. The topological polar surface area (TPSA) is 70.7 Å². The standard InChI is InChI=1S/C22H33N3O3/c1-25-11-3-4-19-12-17(7-10-20(19)25)14-24-22(27)18-8-5-16(6-9-18)13-23-21(26)15-28-2/h7,10,12,16,18H,3-6,8-9,11,13-15H2,1-2H3,(H,23,26)(H,24,27). The van der Waals surface area contributed by atoms with Crippen LogP contribution in [0.25, 0.3) is 0 Å². The fraction of sp³-hybridized carbons (Fsp3) is 0.636. The first-order valence-corrected chi connectivity index (χ1v) is 10.4. The van der Waals surface area contributed by atoms with Gasteiger partial charge in [-0.3, -0.25) is 9.59 Å². The Hall–Kier alpha value is -2.08. The Morgan fingerprint density at radius 2 is 1.96 bits per heavy atom. The minimum absolute atomic E-state index is 0.0707. The molecule has 1 aliphatic carbocycles. The van der Waals surface area contributed by atoms with Gasteiger partial charge in [-0.1, -0.05) is 12.1 Å². The van der Waals surface area contributed by atoms with Crippen LogP contribution < -0.4 is 15.5 Å². The van der Waals surface area contributed by atoms with E-state index in [-0.39, 0.29) is 24.3 Å². The molecular weight excluding hydrogens is 354 g/mol. The van der Waals surface area contributed by atoms with Gasteiger partial charge in [-0.15, -0.1) is 0 Å². The molecule has 0 unspecified atom stereocenters. The van der Waals surface area contributed by atoms with Gasteiger partial charge in [-0.2, -0.15) is 0 Å². The van der Waals surface area contributed by atoms with E-state index in [4.69, 9.17) is 4.74 Å². The summed E-state index contributed by atoms with van der Waals surface area (Å²) in [6, 6.07) is 6.55. The molecule has 2 amide bonds. The fourth-order valence-electron chi connectivity index (χ4n) is 4.35. The summed E-state index contributed by atoms with van der Waals surface area (Å²) in [5, 5.41) is 6.03. The van der Waals surface area contributed by atoms with Gasteiger partial charge >= 0.3 is 0 Å². The third kappa shape index (κ3) is 5.47. The molecule has 1 aromatic carbocycles. The lowest BCUT2D eigenvalue weighted by atomic mass is 9.81. The maximum atomic E-state index is 12.6. The third-order valence-corrected chi connectivity index (χ3v) is 6.04. The van der Waals surface area contributed by atoms with E-state index in [1.54, 1.807) is 0 Å². The Bertz CT molecular complexity index is 684. The van der Waals surface area contributed by atoms with Crippen LogP contribution in [0.5, 0.6) is 0 Å². The van der Waals surface area contributed by atoms with Gasteiger partial charge in [0, 0.05) is 45.4 Å². The molecule has 0 radical (unpaired) electrons. The lowest BCUT2D eigenvalue weighted by Crippen LogP contribution is -2.36. The predicted molar refractivity (Wildman–Crippen MR) is 110 cm³/mol. The smallest absolute Gasteiger partial charge is 0.245 e. The molecule has 1 heterocycles. The average molecular weight is 388 g/mol. The molecule has 6 heteroatoms. The maximum Gasteiger partial charge on any atom is 0.245 e. The van der Waals surface area contributed by atoms with Crippen molar-refractivity contribution in [3.05, 3.63) is 29.3 Å². The van der Waals surface area contributed by atoms with Gasteiger partial charge in [-0.05, 0) is 61.6 Å². The summed E-state index contributed by atoms with van der Waals surface area (Å²) in [7, 11) is 3.66. The van der Waals surface area contributed by atoms with E-state index in [0.717, 1.165) is 38.6 Å². The highest BCUT2D eigenvalue weighted by molar-refractivity contribution is 5.79. The van der Waals surface area contributed by atoms with Crippen LogP contribution >= 0.6 is 0 Å². The van der Waals surface area contributed by atoms with Crippen LogP contribution in [0.1, 0.15) is 43.2 Å². The summed E-state index contributed by atoms with van der Waals surface area (Å²) in [5.74, 6) is 0.646. The average Bonchev–Trinajstić information content (AvgIpc) is 2.71. The Morgan fingerprint density at radius 3 is 2.71 bits per heavy atom. The van der Waals surface area contributed by atoms with E-state index < -0.39 is 0 Å². The first-order valence-electron chi connectivity index (χ1n) is 10.4. The number of rotatable bonds is 7. The number of fused-ring (bicyclic) bond motifs is 1. The lowest BCUT2D eigenvalue weighted by Gasteiger charge is -2.28. The number of aryl methyl sites for hydroxylation is 1. The van der Waals surface area contributed by atoms with Crippen molar-refractivity contribution in [3.63, 3.8) is 0 Å². The highest BCUT2D eigenvalue weighted by Crippen LogP contribution is 2.29. The number of amides is 2. The van der Waals surface area contributed by atoms with Crippen molar-refractivity contribution in [2.75, 3.05) is 38.8 Å². The molecule has 1 aliphatic heterocycles. The number of hydrogen-bond acceptors (Lipinski definition) is 4. The molecule has 1 aromatic rings. The molecule has 0 spiro atoms. The van der Waals surface area contributed by atoms with Crippen LogP contribution in [0.15, 0.2) is 18.2 Å². The van der Waals surface area contributed by atoms with Crippen LogP contribution in [-0.4, -0.2) is 45.7 Å². The van der Waals surface area contributed by atoms with Gasteiger partial charge in [0.25, 0.3) is 0 Å². The molecule has 0 bridgehead atoms. The largest absolute Gasteiger partial charge is 0.375 e. The molecule has 2 N–H and O–H groups in total. The Balaban J connectivity index is 1.41. The summed E-state index contributed by atoms with van der Waals surface area (Å²) in [4.78, 5) is 26.4. The van der Waals surface area contributed by atoms with E-state index in [1.807, 2.05) is 0 Å². The van der Waals surface area contributed by atoms with Crippen molar-refractivity contribution in [2.45, 2.75) is 45.1 Å². The van der Waals surface area contributed by atoms with E-state index in [2.05, 4.69) is 40.8 Å². The number of methoxy groups -OCH3 is 1.